The molecule has 13 heavy (non-hydrogen) atoms. The summed E-state index contributed by atoms with van der Waals surface area (Å²) in [5, 5.41) is 0. The fraction of sp³-hybridized carbons (Fsp3) is 1.00. The third kappa shape index (κ3) is 12.5. The Bertz CT molecular complexity index is 81.2. The molecule has 0 aromatic rings. The van der Waals surface area contributed by atoms with Crippen LogP contribution in [0.4, 0.5) is 0 Å². The number of hydrogen-bond donors (Lipinski definition) is 0. The molecule has 1 atom stereocenters. The highest BCUT2D eigenvalue weighted by Gasteiger charge is 2.00. The summed E-state index contributed by atoms with van der Waals surface area (Å²) in [6.45, 7) is 6.96. The molecule has 0 aliphatic rings. The van der Waals surface area contributed by atoms with Crippen LogP contribution in [0.3, 0.4) is 0 Å². The van der Waals surface area contributed by atoms with Crippen molar-refractivity contribution in [3.63, 3.8) is 0 Å². The highest BCUT2D eigenvalue weighted by Crippen LogP contribution is 2.15. The quantitative estimate of drug-likeness (QED) is 0.415. The van der Waals surface area contributed by atoms with Crippen molar-refractivity contribution in [2.45, 2.75) is 72.1 Å². The Morgan fingerprint density at radius 1 is 0.769 bits per heavy atom. The minimum Gasteiger partial charge on any atom is -0.0654 e. The maximum atomic E-state index is 2.40. The van der Waals surface area contributed by atoms with Gasteiger partial charge in [-0.05, 0) is 5.92 Å². The Hall–Kier alpha value is 0.532. The van der Waals surface area contributed by atoms with Gasteiger partial charge in [0.25, 0.3) is 0 Å². The van der Waals surface area contributed by atoms with Crippen molar-refractivity contribution >= 4 is 17.4 Å². The third-order valence-corrected chi connectivity index (χ3v) is 2.60. The van der Waals surface area contributed by atoms with Gasteiger partial charge in [-0.2, -0.15) is 0 Å². The van der Waals surface area contributed by atoms with E-state index in [1.807, 2.05) is 0 Å². The second kappa shape index (κ2) is 12.5. The Labute approximate surface area is 95.6 Å². The van der Waals surface area contributed by atoms with Gasteiger partial charge in [0, 0.05) is 0 Å². The Kier molecular flexibility index (Phi) is 15.4. The molecule has 0 spiro atoms. The molecule has 0 bridgehead atoms. The van der Waals surface area contributed by atoms with E-state index in [-0.39, 0.29) is 17.4 Å². The lowest BCUT2D eigenvalue weighted by molar-refractivity contribution is 0.445. The topological polar surface area (TPSA) is 0 Å². The summed E-state index contributed by atoms with van der Waals surface area (Å²) >= 11 is 0. The monoisotopic (exact) mass is 200 g/mol. The summed E-state index contributed by atoms with van der Waals surface area (Å²) in [7, 11) is 0. The summed E-state index contributed by atoms with van der Waals surface area (Å²) < 4.78 is 0. The van der Waals surface area contributed by atoms with Crippen molar-refractivity contribution in [2.24, 2.45) is 5.92 Å². The van der Waals surface area contributed by atoms with Gasteiger partial charge in [-0.3, -0.25) is 0 Å². The summed E-state index contributed by atoms with van der Waals surface area (Å²) in [6.07, 6.45) is 11.4. The standard InChI is InChI=1S/C12H26.Al.3H/c1-4-6-8-9-11-12(3)10-7-5-2;;;;/h12H,4-11H2,1-3H3;;;;. The fourth-order valence-corrected chi connectivity index (χ4v) is 1.62. The van der Waals surface area contributed by atoms with Crippen molar-refractivity contribution in [2.75, 3.05) is 0 Å². The van der Waals surface area contributed by atoms with E-state index in [1.165, 1.54) is 51.4 Å². The molecular weight excluding hydrogens is 171 g/mol. The van der Waals surface area contributed by atoms with Gasteiger partial charge in [-0.25, -0.2) is 0 Å². The van der Waals surface area contributed by atoms with Gasteiger partial charge in [0.15, 0.2) is 17.4 Å². The highest BCUT2D eigenvalue weighted by atomic mass is 27.0. The van der Waals surface area contributed by atoms with Gasteiger partial charge in [0.2, 0.25) is 0 Å². The smallest absolute Gasteiger partial charge is 0.0654 e. The van der Waals surface area contributed by atoms with Gasteiger partial charge in [-0.15, -0.1) is 0 Å². The molecule has 0 aromatic carbocycles. The molecule has 0 aliphatic carbocycles. The van der Waals surface area contributed by atoms with Crippen LogP contribution in [-0.4, -0.2) is 17.4 Å². The molecule has 0 saturated heterocycles. The van der Waals surface area contributed by atoms with E-state index >= 15 is 0 Å². The van der Waals surface area contributed by atoms with Crippen molar-refractivity contribution in [1.82, 2.24) is 0 Å². The van der Waals surface area contributed by atoms with E-state index in [0.717, 1.165) is 5.92 Å². The average Bonchev–Trinajstić information content (AvgIpc) is 2.09. The predicted octanol–water partition coefficient (Wildman–Crippen LogP) is 3.60. The molecular formula is C12H29Al. The first-order chi connectivity index (χ1) is 5.81. The fourth-order valence-electron chi connectivity index (χ4n) is 1.62. The first-order valence-corrected chi connectivity index (χ1v) is 5.81. The first kappa shape index (κ1) is 16.0. The minimum absolute atomic E-state index is 0. The lowest BCUT2D eigenvalue weighted by Crippen LogP contribution is -1.94. The van der Waals surface area contributed by atoms with Crippen LogP contribution < -0.4 is 0 Å². The lowest BCUT2D eigenvalue weighted by Gasteiger charge is -2.09. The van der Waals surface area contributed by atoms with E-state index < -0.39 is 0 Å². The molecule has 0 nitrogen and oxygen atoms in total. The van der Waals surface area contributed by atoms with Gasteiger partial charge < -0.3 is 0 Å². The Balaban J connectivity index is 0. The van der Waals surface area contributed by atoms with Gasteiger partial charge >= 0.3 is 0 Å². The average molecular weight is 200 g/mol. The maximum absolute atomic E-state index is 2.40. The van der Waals surface area contributed by atoms with Crippen LogP contribution in [0.2, 0.25) is 0 Å². The van der Waals surface area contributed by atoms with Crippen molar-refractivity contribution in [1.29, 1.82) is 0 Å². The zero-order chi connectivity index (χ0) is 9.23. The van der Waals surface area contributed by atoms with Crippen LogP contribution in [-0.2, 0) is 0 Å². The lowest BCUT2D eigenvalue weighted by atomic mass is 9.97. The molecule has 0 N–H and O–H groups in total. The van der Waals surface area contributed by atoms with Crippen molar-refractivity contribution in [3.8, 4) is 0 Å². The zero-order valence-corrected chi connectivity index (χ0v) is 9.23. The Morgan fingerprint density at radius 2 is 1.31 bits per heavy atom. The summed E-state index contributed by atoms with van der Waals surface area (Å²) in [5.41, 5.74) is 0. The SMILES string of the molecule is CCCCCCC(C)CCCC.[AlH3]. The van der Waals surface area contributed by atoms with Crippen LogP contribution in [0.5, 0.6) is 0 Å². The molecule has 80 valence electrons. The number of hydrogen-bond acceptors (Lipinski definition) is 0. The van der Waals surface area contributed by atoms with Gasteiger partial charge in [0.1, 0.15) is 0 Å². The minimum atomic E-state index is 0. The Morgan fingerprint density at radius 3 is 1.85 bits per heavy atom. The second-order valence-electron chi connectivity index (χ2n) is 4.10. The van der Waals surface area contributed by atoms with E-state index in [2.05, 4.69) is 20.8 Å². The van der Waals surface area contributed by atoms with E-state index in [4.69, 9.17) is 0 Å². The van der Waals surface area contributed by atoms with Crippen molar-refractivity contribution in [3.05, 3.63) is 0 Å². The third-order valence-electron chi connectivity index (χ3n) is 2.60. The molecule has 0 fully saturated rings. The van der Waals surface area contributed by atoms with Crippen LogP contribution in [0.15, 0.2) is 0 Å². The van der Waals surface area contributed by atoms with Crippen LogP contribution in [0.25, 0.3) is 0 Å². The van der Waals surface area contributed by atoms with Crippen molar-refractivity contribution < 1.29 is 0 Å². The summed E-state index contributed by atoms with van der Waals surface area (Å²) in [5.74, 6) is 0.974. The number of unbranched alkanes of at least 4 members (excludes halogenated alkanes) is 4. The van der Waals surface area contributed by atoms with Gasteiger partial charge in [0.05, 0.1) is 0 Å². The molecule has 0 heterocycles. The highest BCUT2D eigenvalue weighted by molar-refractivity contribution is 5.75. The second-order valence-corrected chi connectivity index (χ2v) is 4.10. The maximum Gasteiger partial charge on any atom is 0.187 e. The molecule has 1 heteroatoms. The van der Waals surface area contributed by atoms with Crippen LogP contribution in [0.1, 0.15) is 72.1 Å². The largest absolute Gasteiger partial charge is 0.187 e. The molecule has 0 radical (unpaired) electrons. The van der Waals surface area contributed by atoms with E-state index in [0.29, 0.717) is 0 Å². The summed E-state index contributed by atoms with van der Waals surface area (Å²) in [6, 6.07) is 0. The van der Waals surface area contributed by atoms with E-state index in [9.17, 15) is 0 Å². The zero-order valence-electron chi connectivity index (χ0n) is 9.23. The van der Waals surface area contributed by atoms with E-state index in [1.54, 1.807) is 0 Å². The van der Waals surface area contributed by atoms with Gasteiger partial charge in [-0.1, -0.05) is 72.1 Å². The predicted molar refractivity (Wildman–Crippen MR) is 67.4 cm³/mol. The molecule has 0 saturated carbocycles. The normalized spacial score (nSPS) is 12.2. The first-order valence-electron chi connectivity index (χ1n) is 5.81. The molecule has 0 aliphatic heterocycles. The number of rotatable bonds is 8. The molecule has 0 aromatic heterocycles. The molecule has 1 unspecified atom stereocenters. The molecule has 0 amide bonds. The summed E-state index contributed by atoms with van der Waals surface area (Å²) in [4.78, 5) is 0. The van der Waals surface area contributed by atoms with Crippen LogP contribution >= 0.6 is 0 Å². The molecule has 0 rings (SSSR count). The van der Waals surface area contributed by atoms with Crippen LogP contribution in [0, 0.1) is 5.92 Å².